The van der Waals surface area contributed by atoms with Crippen LogP contribution in [0.1, 0.15) is 6.42 Å². The standard InChI is InChI=1S/C6H9NOS/c1-4-2-5(3-8)9-6(4)7/h3,5-6H,1-2,7H2. The van der Waals surface area contributed by atoms with Crippen LogP contribution in [-0.2, 0) is 4.79 Å². The first kappa shape index (κ1) is 6.83. The zero-order valence-electron chi connectivity index (χ0n) is 5.04. The van der Waals surface area contributed by atoms with Gasteiger partial charge in [-0.05, 0) is 12.0 Å². The van der Waals surface area contributed by atoms with E-state index in [1.165, 1.54) is 11.8 Å². The molecule has 0 aromatic heterocycles. The minimum Gasteiger partial charge on any atom is -0.316 e. The van der Waals surface area contributed by atoms with Crippen LogP contribution >= 0.6 is 11.8 Å². The molecule has 0 amide bonds. The Balaban J connectivity index is 2.53. The van der Waals surface area contributed by atoms with Crippen LogP contribution in [0.5, 0.6) is 0 Å². The molecule has 1 saturated heterocycles. The topological polar surface area (TPSA) is 43.1 Å². The van der Waals surface area contributed by atoms with Crippen molar-refractivity contribution < 1.29 is 4.79 Å². The molecule has 1 aliphatic rings. The van der Waals surface area contributed by atoms with E-state index in [-0.39, 0.29) is 10.6 Å². The van der Waals surface area contributed by atoms with E-state index in [4.69, 9.17) is 5.73 Å². The number of carbonyl (C=O) groups excluding carboxylic acids is 1. The van der Waals surface area contributed by atoms with Crippen molar-refractivity contribution in [3.8, 4) is 0 Å². The van der Waals surface area contributed by atoms with Crippen molar-refractivity contribution in [1.82, 2.24) is 0 Å². The molecule has 0 radical (unpaired) electrons. The molecule has 1 rings (SSSR count). The van der Waals surface area contributed by atoms with E-state index >= 15 is 0 Å². The molecule has 0 aromatic rings. The number of nitrogens with two attached hydrogens (primary N) is 1. The Morgan fingerprint density at radius 3 is 2.78 bits per heavy atom. The number of hydrogen-bond donors (Lipinski definition) is 1. The van der Waals surface area contributed by atoms with Crippen molar-refractivity contribution in [3.05, 3.63) is 12.2 Å². The Morgan fingerprint density at radius 2 is 2.56 bits per heavy atom. The lowest BCUT2D eigenvalue weighted by atomic mass is 10.2. The van der Waals surface area contributed by atoms with Crippen molar-refractivity contribution >= 4 is 18.0 Å². The van der Waals surface area contributed by atoms with E-state index in [2.05, 4.69) is 6.58 Å². The largest absolute Gasteiger partial charge is 0.316 e. The molecule has 3 heteroatoms. The van der Waals surface area contributed by atoms with Gasteiger partial charge in [0.15, 0.2) is 0 Å². The summed E-state index contributed by atoms with van der Waals surface area (Å²) in [6.07, 6.45) is 1.69. The Hall–Kier alpha value is -0.280. The van der Waals surface area contributed by atoms with E-state index in [0.29, 0.717) is 0 Å². The summed E-state index contributed by atoms with van der Waals surface area (Å²) in [5.41, 5.74) is 6.53. The summed E-state index contributed by atoms with van der Waals surface area (Å²) < 4.78 is 0. The van der Waals surface area contributed by atoms with Crippen molar-refractivity contribution in [3.63, 3.8) is 0 Å². The number of carbonyl (C=O) groups is 1. The maximum Gasteiger partial charge on any atom is 0.133 e. The molecule has 50 valence electrons. The Morgan fingerprint density at radius 1 is 1.89 bits per heavy atom. The fourth-order valence-corrected chi connectivity index (χ4v) is 1.83. The highest BCUT2D eigenvalue weighted by Crippen LogP contribution is 2.32. The van der Waals surface area contributed by atoms with Gasteiger partial charge in [-0.2, -0.15) is 0 Å². The molecule has 2 nitrogen and oxygen atoms in total. The van der Waals surface area contributed by atoms with Gasteiger partial charge >= 0.3 is 0 Å². The maximum absolute atomic E-state index is 10.2. The van der Waals surface area contributed by atoms with E-state index in [9.17, 15) is 4.79 Å². The van der Waals surface area contributed by atoms with Gasteiger partial charge in [-0.25, -0.2) is 0 Å². The summed E-state index contributed by atoms with van der Waals surface area (Å²) in [6.45, 7) is 3.73. The second kappa shape index (κ2) is 2.54. The number of hydrogen-bond acceptors (Lipinski definition) is 3. The van der Waals surface area contributed by atoms with E-state index in [1.54, 1.807) is 0 Å². The summed E-state index contributed by atoms with van der Waals surface area (Å²) in [5.74, 6) is 0. The van der Waals surface area contributed by atoms with Gasteiger partial charge in [0.1, 0.15) is 6.29 Å². The lowest BCUT2D eigenvalue weighted by Gasteiger charge is -1.98. The second-order valence-electron chi connectivity index (χ2n) is 2.09. The van der Waals surface area contributed by atoms with Crippen molar-refractivity contribution in [2.45, 2.75) is 17.0 Å². The molecule has 2 N–H and O–H groups in total. The molecule has 0 saturated carbocycles. The molecule has 0 aliphatic carbocycles. The predicted octanol–water partition coefficient (Wildman–Crippen LogP) is 0.532. The summed E-state index contributed by atoms with van der Waals surface area (Å²) in [4.78, 5) is 10.2. The molecular weight excluding hydrogens is 134 g/mol. The second-order valence-corrected chi connectivity index (χ2v) is 3.48. The highest BCUT2D eigenvalue weighted by Gasteiger charge is 2.24. The molecule has 0 spiro atoms. The Kier molecular flexibility index (Phi) is 1.93. The minimum absolute atomic E-state index is 0.0137. The molecule has 0 bridgehead atoms. The van der Waals surface area contributed by atoms with Crippen LogP contribution in [0.2, 0.25) is 0 Å². The van der Waals surface area contributed by atoms with Crippen LogP contribution < -0.4 is 5.73 Å². The molecule has 2 atom stereocenters. The zero-order valence-corrected chi connectivity index (χ0v) is 5.86. The third-order valence-corrected chi connectivity index (χ3v) is 2.59. The zero-order chi connectivity index (χ0) is 6.85. The lowest BCUT2D eigenvalue weighted by Crippen LogP contribution is -2.12. The Labute approximate surface area is 58.5 Å². The summed E-state index contributed by atoms with van der Waals surface area (Å²) in [6, 6.07) is 0. The SMILES string of the molecule is C=C1CC(C=O)SC1N. The van der Waals surface area contributed by atoms with Crippen LogP contribution in [0.15, 0.2) is 12.2 Å². The van der Waals surface area contributed by atoms with Crippen LogP contribution in [0.4, 0.5) is 0 Å². The monoisotopic (exact) mass is 143 g/mol. The normalized spacial score (nSPS) is 35.0. The van der Waals surface area contributed by atoms with Gasteiger partial charge in [-0.15, -0.1) is 11.8 Å². The van der Waals surface area contributed by atoms with Gasteiger partial charge in [-0.1, -0.05) is 6.58 Å². The predicted molar refractivity (Wildman–Crippen MR) is 39.2 cm³/mol. The summed E-state index contributed by atoms with van der Waals surface area (Å²) in [5, 5.41) is 0.0488. The van der Waals surface area contributed by atoms with Crippen LogP contribution in [0.25, 0.3) is 0 Å². The Bertz CT molecular complexity index is 146. The van der Waals surface area contributed by atoms with Crippen molar-refractivity contribution in [1.29, 1.82) is 0 Å². The molecule has 9 heavy (non-hydrogen) atoms. The van der Waals surface area contributed by atoms with Crippen LogP contribution in [0.3, 0.4) is 0 Å². The van der Waals surface area contributed by atoms with E-state index in [0.717, 1.165) is 18.3 Å². The fourth-order valence-electron chi connectivity index (χ4n) is 0.787. The molecule has 1 heterocycles. The number of thioether (sulfide) groups is 1. The van der Waals surface area contributed by atoms with Crippen LogP contribution in [0, 0.1) is 0 Å². The fraction of sp³-hybridized carbons (Fsp3) is 0.500. The first-order valence-corrected chi connectivity index (χ1v) is 3.72. The van der Waals surface area contributed by atoms with Crippen molar-refractivity contribution in [2.75, 3.05) is 0 Å². The van der Waals surface area contributed by atoms with Gasteiger partial charge in [0, 0.05) is 0 Å². The minimum atomic E-state index is -0.0137. The summed E-state index contributed by atoms with van der Waals surface area (Å²) in [7, 11) is 0. The van der Waals surface area contributed by atoms with E-state index < -0.39 is 0 Å². The molecular formula is C6H9NOS. The van der Waals surface area contributed by atoms with Gasteiger partial charge in [-0.3, -0.25) is 0 Å². The molecule has 1 aliphatic heterocycles. The maximum atomic E-state index is 10.2. The van der Waals surface area contributed by atoms with Gasteiger partial charge in [0.05, 0.1) is 10.6 Å². The third-order valence-electron chi connectivity index (χ3n) is 1.34. The molecule has 1 fully saturated rings. The first-order valence-electron chi connectivity index (χ1n) is 2.78. The lowest BCUT2D eigenvalue weighted by molar-refractivity contribution is -0.107. The smallest absolute Gasteiger partial charge is 0.133 e. The average Bonchev–Trinajstić information content (AvgIpc) is 2.13. The number of aldehydes is 1. The van der Waals surface area contributed by atoms with Gasteiger partial charge in [0.2, 0.25) is 0 Å². The average molecular weight is 143 g/mol. The quantitative estimate of drug-likeness (QED) is 0.430. The highest BCUT2D eigenvalue weighted by molar-refractivity contribution is 8.01. The van der Waals surface area contributed by atoms with Gasteiger partial charge in [0.25, 0.3) is 0 Å². The van der Waals surface area contributed by atoms with Gasteiger partial charge < -0.3 is 10.5 Å². The van der Waals surface area contributed by atoms with E-state index in [1.807, 2.05) is 0 Å². The van der Waals surface area contributed by atoms with Crippen molar-refractivity contribution in [2.24, 2.45) is 5.73 Å². The molecule has 0 aromatic carbocycles. The summed E-state index contributed by atoms with van der Waals surface area (Å²) >= 11 is 1.48. The third kappa shape index (κ3) is 1.34. The molecule has 2 unspecified atom stereocenters. The first-order chi connectivity index (χ1) is 4.24. The van der Waals surface area contributed by atoms with Crippen LogP contribution in [-0.4, -0.2) is 16.9 Å². The number of rotatable bonds is 1. The highest BCUT2D eigenvalue weighted by atomic mass is 32.2.